The Morgan fingerprint density at radius 3 is 2.43 bits per heavy atom. The Hall–Kier alpha value is -2.84. The highest BCUT2D eigenvalue weighted by Crippen LogP contribution is 2.35. The van der Waals surface area contributed by atoms with Crippen molar-refractivity contribution in [2.45, 2.75) is 4.90 Å². The molecule has 1 saturated heterocycles. The summed E-state index contributed by atoms with van der Waals surface area (Å²) in [6.07, 6.45) is 1.94. The fraction of sp³-hybridized carbons (Fsp3) is 0.333. The minimum absolute atomic E-state index is 0. The Morgan fingerprint density at radius 1 is 1.17 bits per heavy atom. The van der Waals surface area contributed by atoms with Crippen LogP contribution in [0.3, 0.4) is 0 Å². The van der Waals surface area contributed by atoms with Crippen LogP contribution < -0.4 is 4.90 Å². The number of carbonyl (C=O) groups excluding carboxylic acids is 1. The molecule has 1 aliphatic rings. The number of para-hydroxylation sites is 1. The van der Waals surface area contributed by atoms with Crippen molar-refractivity contribution >= 4 is 68.1 Å². The molecule has 1 fully saturated rings. The normalized spacial score (nSPS) is 13.9. The Balaban J connectivity index is 0.00000342. The van der Waals surface area contributed by atoms with Gasteiger partial charge in [-0.2, -0.15) is 0 Å². The fourth-order valence-corrected chi connectivity index (χ4v) is 5.27. The van der Waals surface area contributed by atoms with Gasteiger partial charge in [0.1, 0.15) is 0 Å². The van der Waals surface area contributed by atoms with Gasteiger partial charge in [0.2, 0.25) is 0 Å². The van der Waals surface area contributed by atoms with E-state index in [1.807, 2.05) is 24.5 Å². The first-order valence-electron chi connectivity index (χ1n) is 10.4. The van der Waals surface area contributed by atoms with Crippen LogP contribution >= 0.6 is 35.5 Å². The highest BCUT2D eigenvalue weighted by molar-refractivity contribution is 7.98. The number of morpholine rings is 1. The van der Waals surface area contributed by atoms with Gasteiger partial charge in [0.25, 0.3) is 17.3 Å². The largest absolute Gasteiger partial charge is 0.379 e. The summed E-state index contributed by atoms with van der Waals surface area (Å²) in [7, 11) is 0. The zero-order valence-electron chi connectivity index (χ0n) is 18.6. The number of halogens is 1. The van der Waals surface area contributed by atoms with E-state index in [9.17, 15) is 25.0 Å². The van der Waals surface area contributed by atoms with E-state index in [4.69, 9.17) is 9.72 Å². The quantitative estimate of drug-likeness (QED) is 0.234. The predicted molar refractivity (Wildman–Crippen MR) is 137 cm³/mol. The van der Waals surface area contributed by atoms with Crippen molar-refractivity contribution in [3.63, 3.8) is 0 Å². The van der Waals surface area contributed by atoms with E-state index in [2.05, 4.69) is 4.90 Å². The van der Waals surface area contributed by atoms with Crippen LogP contribution in [-0.4, -0.2) is 71.3 Å². The topological polar surface area (TPSA) is 132 Å². The average Bonchev–Trinajstić information content (AvgIpc) is 3.28. The van der Waals surface area contributed by atoms with Gasteiger partial charge in [0, 0.05) is 43.2 Å². The molecule has 2 heterocycles. The number of rotatable bonds is 8. The van der Waals surface area contributed by atoms with Crippen LogP contribution in [-0.2, 0) is 4.74 Å². The summed E-state index contributed by atoms with van der Waals surface area (Å²) in [5.41, 5.74) is -0.393. The molecule has 35 heavy (non-hydrogen) atoms. The van der Waals surface area contributed by atoms with Crippen LogP contribution in [0.5, 0.6) is 0 Å². The molecule has 0 aliphatic carbocycles. The first-order valence-corrected chi connectivity index (χ1v) is 12.4. The second-order valence-electron chi connectivity index (χ2n) is 7.47. The highest BCUT2D eigenvalue weighted by Gasteiger charge is 2.27. The third-order valence-electron chi connectivity index (χ3n) is 5.38. The van der Waals surface area contributed by atoms with E-state index in [0.29, 0.717) is 24.9 Å². The van der Waals surface area contributed by atoms with Gasteiger partial charge in [0.05, 0.1) is 44.9 Å². The SMILES string of the molecule is CSc1cccc2sc(N(CCN3CCOCC3)C(=O)c3cc([N+](=O)[O-])cc([N+](=O)[O-])c3)nc12.Cl. The van der Waals surface area contributed by atoms with E-state index < -0.39 is 27.1 Å². The third-order valence-corrected chi connectivity index (χ3v) is 7.19. The number of carbonyl (C=O) groups is 1. The van der Waals surface area contributed by atoms with Gasteiger partial charge in [-0.05, 0) is 18.4 Å². The lowest BCUT2D eigenvalue weighted by Gasteiger charge is -2.29. The van der Waals surface area contributed by atoms with Gasteiger partial charge in [-0.1, -0.05) is 17.4 Å². The second-order valence-corrected chi connectivity index (χ2v) is 9.32. The second kappa shape index (κ2) is 11.7. The molecule has 186 valence electrons. The Kier molecular flexibility index (Phi) is 8.97. The number of thioether (sulfide) groups is 1. The lowest BCUT2D eigenvalue weighted by atomic mass is 10.1. The maximum absolute atomic E-state index is 13.6. The van der Waals surface area contributed by atoms with Gasteiger partial charge >= 0.3 is 0 Å². The van der Waals surface area contributed by atoms with Crippen LogP contribution in [0, 0.1) is 20.2 Å². The number of nitrogens with zero attached hydrogens (tertiary/aromatic N) is 5. The number of nitro groups is 2. The molecule has 0 bridgehead atoms. The van der Waals surface area contributed by atoms with Crippen molar-refractivity contribution in [2.75, 3.05) is 50.5 Å². The molecule has 0 atom stereocenters. The van der Waals surface area contributed by atoms with Crippen LogP contribution in [0.2, 0.25) is 0 Å². The number of aromatic nitrogens is 1. The monoisotopic (exact) mass is 539 g/mol. The third kappa shape index (κ3) is 6.05. The molecular formula is C21H22ClN5O6S2. The van der Waals surface area contributed by atoms with Crippen LogP contribution in [0.15, 0.2) is 41.3 Å². The summed E-state index contributed by atoms with van der Waals surface area (Å²) in [6.45, 7) is 3.45. The number of nitro benzene ring substituents is 2. The predicted octanol–water partition coefficient (Wildman–Crippen LogP) is 4.24. The summed E-state index contributed by atoms with van der Waals surface area (Å²) in [4.78, 5) is 44.1. The molecule has 3 aromatic rings. The molecule has 1 amide bonds. The maximum atomic E-state index is 13.6. The summed E-state index contributed by atoms with van der Waals surface area (Å²) < 4.78 is 6.28. The summed E-state index contributed by atoms with van der Waals surface area (Å²) >= 11 is 2.88. The lowest BCUT2D eigenvalue weighted by molar-refractivity contribution is -0.394. The number of anilines is 1. The van der Waals surface area contributed by atoms with Crippen molar-refractivity contribution in [1.29, 1.82) is 0 Å². The number of benzene rings is 2. The number of amides is 1. The Bertz CT molecular complexity index is 1220. The average molecular weight is 540 g/mol. The number of ether oxygens (including phenoxy) is 1. The summed E-state index contributed by atoms with van der Waals surface area (Å²) in [5, 5.41) is 23.1. The fourth-order valence-electron chi connectivity index (χ4n) is 3.63. The van der Waals surface area contributed by atoms with Crippen molar-refractivity contribution in [3.05, 3.63) is 62.2 Å². The summed E-state index contributed by atoms with van der Waals surface area (Å²) in [6, 6.07) is 8.76. The zero-order valence-corrected chi connectivity index (χ0v) is 21.1. The van der Waals surface area contributed by atoms with Gasteiger partial charge < -0.3 is 4.74 Å². The number of fused-ring (bicyclic) bond motifs is 1. The standard InChI is InChI=1S/C21H21N5O6S2.ClH/c1-33-17-3-2-4-18-19(17)22-21(34-18)24(6-5-23-7-9-32-10-8-23)20(27)14-11-15(25(28)29)13-16(12-14)26(30)31;/h2-4,11-13H,5-10H2,1H3;1H. The van der Waals surface area contributed by atoms with Gasteiger partial charge in [-0.25, -0.2) is 4.98 Å². The van der Waals surface area contributed by atoms with Crippen LogP contribution in [0.1, 0.15) is 10.4 Å². The smallest absolute Gasteiger partial charge is 0.277 e. The zero-order chi connectivity index (χ0) is 24.2. The van der Waals surface area contributed by atoms with E-state index >= 15 is 0 Å². The maximum Gasteiger partial charge on any atom is 0.277 e. The first-order chi connectivity index (χ1) is 16.4. The Morgan fingerprint density at radius 2 is 1.83 bits per heavy atom. The van der Waals surface area contributed by atoms with Gasteiger partial charge in [0.15, 0.2) is 5.13 Å². The van der Waals surface area contributed by atoms with Gasteiger partial charge in [-0.3, -0.25) is 34.8 Å². The molecule has 0 saturated carbocycles. The van der Waals surface area contributed by atoms with Crippen molar-refractivity contribution in [2.24, 2.45) is 0 Å². The molecule has 1 aromatic heterocycles. The Labute approximate surface area is 214 Å². The van der Waals surface area contributed by atoms with Gasteiger partial charge in [-0.15, -0.1) is 24.2 Å². The number of non-ortho nitro benzene ring substituents is 2. The molecule has 2 aromatic carbocycles. The molecule has 0 spiro atoms. The number of hydrogen-bond donors (Lipinski definition) is 0. The first kappa shape index (κ1) is 26.8. The summed E-state index contributed by atoms with van der Waals surface area (Å²) in [5.74, 6) is -0.579. The highest BCUT2D eigenvalue weighted by atomic mass is 35.5. The molecular weight excluding hydrogens is 518 g/mol. The number of thiazole rings is 1. The van der Waals surface area contributed by atoms with Crippen LogP contribution in [0.4, 0.5) is 16.5 Å². The van der Waals surface area contributed by atoms with Crippen molar-refractivity contribution < 1.29 is 19.4 Å². The van der Waals surface area contributed by atoms with Crippen LogP contribution in [0.25, 0.3) is 10.2 Å². The molecule has 0 N–H and O–H groups in total. The number of hydrogen-bond acceptors (Lipinski definition) is 10. The minimum Gasteiger partial charge on any atom is -0.379 e. The van der Waals surface area contributed by atoms with E-state index in [-0.39, 0.29) is 24.5 Å². The molecule has 1 aliphatic heterocycles. The molecule has 14 heteroatoms. The van der Waals surface area contributed by atoms with E-state index in [1.165, 1.54) is 16.2 Å². The minimum atomic E-state index is -0.746. The van der Waals surface area contributed by atoms with Crippen molar-refractivity contribution in [3.8, 4) is 0 Å². The molecule has 0 radical (unpaired) electrons. The molecule has 4 rings (SSSR count). The lowest BCUT2D eigenvalue weighted by Crippen LogP contribution is -2.43. The molecule has 0 unspecified atom stereocenters. The van der Waals surface area contributed by atoms with Crippen molar-refractivity contribution in [1.82, 2.24) is 9.88 Å². The molecule has 11 nitrogen and oxygen atoms in total. The van der Waals surface area contributed by atoms with E-state index in [0.717, 1.165) is 46.4 Å². The van der Waals surface area contributed by atoms with E-state index in [1.54, 1.807) is 11.8 Å².